The number of halogens is 1. The highest BCUT2D eigenvalue weighted by Gasteiger charge is 2.49. The van der Waals surface area contributed by atoms with Crippen molar-refractivity contribution in [1.29, 1.82) is 0 Å². The second-order valence-corrected chi connectivity index (χ2v) is 10.9. The molecule has 1 aliphatic heterocycles. The number of benzene rings is 3. The van der Waals surface area contributed by atoms with Crippen molar-refractivity contribution < 1.29 is 28.5 Å². The number of cyclic esters (lactones) is 2. The standard InChI is InChI=1S/C31H30BrNO6/c1-5-36-25-15-20(14-23(32)28(25)37-17-19-12-10-18(2)11-13-19)26(22-16-33-24-9-7-6-8-21(22)24)27-29(34)38-31(3,4)39-30(27)35/h6-16,26-27,33H,5,17H2,1-4H3/t26-/m0/s1. The van der Waals surface area contributed by atoms with Crippen molar-refractivity contribution in [1.82, 2.24) is 4.98 Å². The monoisotopic (exact) mass is 591 g/mol. The number of aromatic nitrogens is 1. The molecule has 0 unspecified atom stereocenters. The van der Waals surface area contributed by atoms with E-state index in [1.54, 1.807) is 13.8 Å². The van der Waals surface area contributed by atoms with Crippen molar-refractivity contribution in [2.24, 2.45) is 5.92 Å². The first-order valence-electron chi connectivity index (χ1n) is 12.8. The van der Waals surface area contributed by atoms with Gasteiger partial charge >= 0.3 is 11.9 Å². The summed E-state index contributed by atoms with van der Waals surface area (Å²) in [5.41, 5.74) is 4.53. The second-order valence-electron chi connectivity index (χ2n) is 10.0. The first-order chi connectivity index (χ1) is 18.7. The third kappa shape index (κ3) is 5.52. The zero-order valence-corrected chi connectivity index (χ0v) is 23.8. The van der Waals surface area contributed by atoms with Gasteiger partial charge in [0.2, 0.25) is 0 Å². The second kappa shape index (κ2) is 10.8. The Balaban J connectivity index is 1.60. The molecule has 0 bridgehead atoms. The lowest BCUT2D eigenvalue weighted by Crippen LogP contribution is -2.48. The SMILES string of the molecule is CCOc1cc([C@@H](c2c[nH]c3ccccc23)C2C(=O)OC(C)(C)OC2=O)cc(Br)c1OCc1ccc(C)cc1. The van der Waals surface area contributed by atoms with Crippen LogP contribution >= 0.6 is 15.9 Å². The number of ether oxygens (including phenoxy) is 4. The Hall–Kier alpha value is -3.78. The van der Waals surface area contributed by atoms with E-state index in [1.807, 2.05) is 80.7 Å². The van der Waals surface area contributed by atoms with Crippen LogP contribution in [-0.4, -0.2) is 29.3 Å². The van der Waals surface area contributed by atoms with E-state index < -0.39 is 29.6 Å². The third-order valence-electron chi connectivity index (χ3n) is 6.68. The molecular weight excluding hydrogens is 562 g/mol. The summed E-state index contributed by atoms with van der Waals surface area (Å²) in [6.07, 6.45) is 1.83. The molecule has 0 spiro atoms. The van der Waals surface area contributed by atoms with Gasteiger partial charge in [0, 0.05) is 36.9 Å². The Morgan fingerprint density at radius 1 is 1.00 bits per heavy atom. The Kier molecular flexibility index (Phi) is 7.40. The topological polar surface area (TPSA) is 86.9 Å². The molecule has 4 aromatic rings. The molecule has 2 heterocycles. The maximum absolute atomic E-state index is 13.3. The van der Waals surface area contributed by atoms with Crippen molar-refractivity contribution in [3.05, 3.63) is 93.6 Å². The Bertz CT molecular complexity index is 1500. The van der Waals surface area contributed by atoms with Crippen LogP contribution in [0.4, 0.5) is 0 Å². The quantitative estimate of drug-likeness (QED) is 0.179. The average molecular weight is 592 g/mol. The van der Waals surface area contributed by atoms with E-state index in [4.69, 9.17) is 18.9 Å². The van der Waals surface area contributed by atoms with Crippen molar-refractivity contribution in [2.75, 3.05) is 6.61 Å². The highest BCUT2D eigenvalue weighted by Crippen LogP contribution is 2.45. The molecule has 1 fully saturated rings. The van der Waals surface area contributed by atoms with Gasteiger partial charge in [-0.1, -0.05) is 48.0 Å². The summed E-state index contributed by atoms with van der Waals surface area (Å²) in [4.78, 5) is 29.9. The summed E-state index contributed by atoms with van der Waals surface area (Å²) in [6, 6.07) is 19.5. The molecule has 202 valence electrons. The maximum Gasteiger partial charge on any atom is 0.324 e. The molecular formula is C31H30BrNO6. The molecule has 0 amide bonds. The van der Waals surface area contributed by atoms with Gasteiger partial charge in [0.1, 0.15) is 6.61 Å². The Labute approximate surface area is 235 Å². The smallest absolute Gasteiger partial charge is 0.324 e. The van der Waals surface area contributed by atoms with E-state index in [-0.39, 0.29) is 0 Å². The Morgan fingerprint density at radius 2 is 1.69 bits per heavy atom. The molecule has 5 rings (SSSR count). The normalized spacial score (nSPS) is 16.0. The van der Waals surface area contributed by atoms with Crippen LogP contribution < -0.4 is 9.47 Å². The molecule has 7 nitrogen and oxygen atoms in total. The van der Waals surface area contributed by atoms with Gasteiger partial charge in [-0.2, -0.15) is 0 Å². The molecule has 0 saturated carbocycles. The lowest BCUT2D eigenvalue weighted by Gasteiger charge is -2.36. The van der Waals surface area contributed by atoms with Gasteiger partial charge < -0.3 is 23.9 Å². The van der Waals surface area contributed by atoms with Crippen LogP contribution in [0.2, 0.25) is 0 Å². The number of aromatic amines is 1. The lowest BCUT2D eigenvalue weighted by molar-refractivity contribution is -0.240. The molecule has 1 N–H and O–H groups in total. The molecule has 1 saturated heterocycles. The molecule has 1 aliphatic rings. The minimum absolute atomic E-state index is 0.348. The maximum atomic E-state index is 13.3. The van der Waals surface area contributed by atoms with Gasteiger partial charge in [-0.05, 0) is 64.7 Å². The van der Waals surface area contributed by atoms with Gasteiger partial charge in [0.15, 0.2) is 17.4 Å². The van der Waals surface area contributed by atoms with E-state index in [1.165, 1.54) is 5.56 Å². The number of para-hydroxylation sites is 1. The number of hydrogen-bond acceptors (Lipinski definition) is 6. The number of rotatable bonds is 8. The lowest BCUT2D eigenvalue weighted by atomic mass is 9.80. The highest BCUT2D eigenvalue weighted by molar-refractivity contribution is 9.10. The minimum Gasteiger partial charge on any atom is -0.490 e. The predicted octanol–water partition coefficient (Wildman–Crippen LogP) is 6.80. The summed E-state index contributed by atoms with van der Waals surface area (Å²) in [6.45, 7) is 7.76. The molecule has 8 heteroatoms. The first-order valence-corrected chi connectivity index (χ1v) is 13.6. The minimum atomic E-state index is -1.33. The summed E-state index contributed by atoms with van der Waals surface area (Å²) in [7, 11) is 0. The fraction of sp³-hybridized carbons (Fsp3) is 0.290. The van der Waals surface area contributed by atoms with Crippen LogP contribution in [0.25, 0.3) is 10.9 Å². The van der Waals surface area contributed by atoms with Crippen LogP contribution in [0.15, 0.2) is 71.3 Å². The van der Waals surface area contributed by atoms with Gasteiger partial charge in [-0.25, -0.2) is 0 Å². The van der Waals surface area contributed by atoms with Gasteiger partial charge in [-0.3, -0.25) is 9.59 Å². The fourth-order valence-electron chi connectivity index (χ4n) is 4.91. The number of H-pyrrole nitrogens is 1. The van der Waals surface area contributed by atoms with E-state index in [0.29, 0.717) is 34.7 Å². The largest absolute Gasteiger partial charge is 0.490 e. The molecule has 0 aliphatic carbocycles. The van der Waals surface area contributed by atoms with Crippen LogP contribution in [0.1, 0.15) is 48.9 Å². The molecule has 3 aromatic carbocycles. The van der Waals surface area contributed by atoms with Crippen LogP contribution in [0.3, 0.4) is 0 Å². The number of carbonyl (C=O) groups is 2. The zero-order valence-electron chi connectivity index (χ0n) is 22.2. The highest BCUT2D eigenvalue weighted by atomic mass is 79.9. The number of carbonyl (C=O) groups excluding carboxylic acids is 2. The molecule has 0 radical (unpaired) electrons. The summed E-state index contributed by atoms with van der Waals surface area (Å²) in [5.74, 6) is -3.50. The van der Waals surface area contributed by atoms with Gasteiger partial charge in [-0.15, -0.1) is 0 Å². The predicted molar refractivity (Wildman–Crippen MR) is 151 cm³/mol. The van der Waals surface area contributed by atoms with Crippen molar-refractivity contribution in [3.8, 4) is 11.5 Å². The first kappa shape index (κ1) is 26.8. The number of hydrogen-bond donors (Lipinski definition) is 1. The number of fused-ring (bicyclic) bond motifs is 1. The summed E-state index contributed by atoms with van der Waals surface area (Å²) >= 11 is 3.66. The van der Waals surface area contributed by atoms with Crippen LogP contribution in [0.5, 0.6) is 11.5 Å². The van der Waals surface area contributed by atoms with E-state index in [0.717, 1.165) is 22.0 Å². The van der Waals surface area contributed by atoms with Crippen molar-refractivity contribution >= 4 is 38.8 Å². The Morgan fingerprint density at radius 3 is 2.38 bits per heavy atom. The number of aryl methyl sites for hydroxylation is 1. The van der Waals surface area contributed by atoms with Crippen LogP contribution in [-0.2, 0) is 25.7 Å². The number of nitrogens with one attached hydrogen (secondary N) is 1. The van der Waals surface area contributed by atoms with Gasteiger partial charge in [0.25, 0.3) is 5.79 Å². The molecule has 1 atom stereocenters. The fourth-order valence-corrected chi connectivity index (χ4v) is 5.49. The van der Waals surface area contributed by atoms with Crippen molar-refractivity contribution in [3.63, 3.8) is 0 Å². The van der Waals surface area contributed by atoms with E-state index in [9.17, 15) is 9.59 Å². The molecule has 39 heavy (non-hydrogen) atoms. The number of esters is 2. The third-order valence-corrected chi connectivity index (χ3v) is 7.27. The van der Waals surface area contributed by atoms with E-state index in [2.05, 4.69) is 20.9 Å². The van der Waals surface area contributed by atoms with Crippen molar-refractivity contribution in [2.45, 2.75) is 46.0 Å². The van der Waals surface area contributed by atoms with E-state index >= 15 is 0 Å². The molecule has 1 aromatic heterocycles. The van der Waals surface area contributed by atoms with Crippen LogP contribution in [0, 0.1) is 12.8 Å². The zero-order chi connectivity index (χ0) is 27.7. The summed E-state index contributed by atoms with van der Waals surface area (Å²) < 4.78 is 23.9. The average Bonchev–Trinajstić information content (AvgIpc) is 3.30. The van der Waals surface area contributed by atoms with Gasteiger partial charge in [0.05, 0.1) is 11.1 Å². The summed E-state index contributed by atoms with van der Waals surface area (Å²) in [5, 5.41) is 0.890.